The van der Waals surface area contributed by atoms with Crippen LogP contribution in [0.1, 0.15) is 6.42 Å². The summed E-state index contributed by atoms with van der Waals surface area (Å²) in [5, 5.41) is 3.04. The van der Waals surface area contributed by atoms with Gasteiger partial charge in [-0.25, -0.2) is 0 Å². The molecule has 2 unspecified atom stereocenters. The molecule has 0 saturated carbocycles. The largest absolute Gasteiger partial charge is 0.484 e. The highest BCUT2D eigenvalue weighted by Gasteiger charge is 2.31. The summed E-state index contributed by atoms with van der Waals surface area (Å²) in [5.41, 5.74) is 0. The van der Waals surface area contributed by atoms with E-state index in [4.69, 9.17) is 14.2 Å². The minimum atomic E-state index is -0.0873. The molecule has 1 aromatic rings. The fourth-order valence-electron chi connectivity index (χ4n) is 3.31. The summed E-state index contributed by atoms with van der Waals surface area (Å²) in [6.45, 7) is 5.60. The molecule has 2 aliphatic rings. The Hall–Kier alpha value is -0.900. The number of hydrogen-bond donors (Lipinski definition) is 1. The molecule has 1 aromatic carbocycles. The normalized spacial score (nSPS) is 22.5. The molecular weight excluding hydrogens is 435 g/mol. The van der Waals surface area contributed by atoms with Crippen LogP contribution in [0.15, 0.2) is 24.3 Å². The second-order valence-electron chi connectivity index (χ2n) is 6.39. The van der Waals surface area contributed by atoms with Crippen LogP contribution in [0.25, 0.3) is 0 Å². The monoisotopic (exact) mass is 460 g/mol. The Morgan fingerprint density at radius 2 is 2.00 bits per heavy atom. The molecule has 0 bridgehead atoms. The van der Waals surface area contributed by atoms with Crippen LogP contribution < -0.4 is 10.1 Å². The molecule has 0 spiro atoms. The molecule has 1 amide bonds. The lowest BCUT2D eigenvalue weighted by atomic mass is 9.97. The van der Waals surface area contributed by atoms with Crippen LogP contribution in [0.3, 0.4) is 0 Å². The number of halogens is 1. The van der Waals surface area contributed by atoms with Crippen LogP contribution in [0, 0.1) is 9.49 Å². The number of ether oxygens (including phenoxy) is 3. The van der Waals surface area contributed by atoms with Crippen LogP contribution >= 0.6 is 22.6 Å². The molecule has 7 heteroatoms. The van der Waals surface area contributed by atoms with E-state index in [9.17, 15) is 4.79 Å². The molecule has 2 fully saturated rings. The van der Waals surface area contributed by atoms with Crippen molar-refractivity contribution in [3.8, 4) is 5.75 Å². The van der Waals surface area contributed by atoms with Gasteiger partial charge in [0.25, 0.3) is 5.91 Å². The highest BCUT2D eigenvalue weighted by atomic mass is 127. The third-order valence-electron chi connectivity index (χ3n) is 4.72. The van der Waals surface area contributed by atoms with Gasteiger partial charge in [0.05, 0.1) is 19.8 Å². The van der Waals surface area contributed by atoms with E-state index < -0.39 is 0 Å². The van der Waals surface area contributed by atoms with Gasteiger partial charge < -0.3 is 19.5 Å². The van der Waals surface area contributed by atoms with Crippen LogP contribution in [0.5, 0.6) is 5.75 Å². The topological polar surface area (TPSA) is 60.0 Å². The van der Waals surface area contributed by atoms with E-state index in [-0.39, 0.29) is 12.5 Å². The number of carbonyl (C=O) groups is 1. The summed E-state index contributed by atoms with van der Waals surface area (Å²) in [4.78, 5) is 14.6. The lowest BCUT2D eigenvalue weighted by molar-refractivity contribution is -0.123. The van der Waals surface area contributed by atoms with Crippen LogP contribution in [0.4, 0.5) is 0 Å². The summed E-state index contributed by atoms with van der Waals surface area (Å²) in [7, 11) is 0. The molecule has 1 N–H and O–H groups in total. The fraction of sp³-hybridized carbons (Fsp3) is 0.611. The second-order valence-corrected chi connectivity index (χ2v) is 7.63. The molecule has 2 heterocycles. The van der Waals surface area contributed by atoms with Crippen molar-refractivity contribution >= 4 is 28.5 Å². The Labute approximate surface area is 162 Å². The lowest BCUT2D eigenvalue weighted by Crippen LogP contribution is -2.52. The first kappa shape index (κ1) is 18.9. The zero-order chi connectivity index (χ0) is 17.5. The van der Waals surface area contributed by atoms with Gasteiger partial charge in [-0.1, -0.05) is 0 Å². The summed E-state index contributed by atoms with van der Waals surface area (Å²) in [6.07, 6.45) is 1.05. The van der Waals surface area contributed by atoms with Crippen molar-refractivity contribution < 1.29 is 19.0 Å². The van der Waals surface area contributed by atoms with E-state index in [1.807, 2.05) is 24.3 Å². The van der Waals surface area contributed by atoms with Crippen LogP contribution in [-0.4, -0.2) is 69.5 Å². The molecule has 0 aliphatic carbocycles. The van der Waals surface area contributed by atoms with Crippen LogP contribution in [0.2, 0.25) is 0 Å². The number of rotatable bonds is 7. The Bertz CT molecular complexity index is 543. The molecule has 6 nitrogen and oxygen atoms in total. The zero-order valence-corrected chi connectivity index (χ0v) is 16.4. The van der Waals surface area contributed by atoms with Crippen LogP contribution in [-0.2, 0) is 14.3 Å². The first-order valence-corrected chi connectivity index (χ1v) is 9.85. The molecule has 0 aromatic heterocycles. The summed E-state index contributed by atoms with van der Waals surface area (Å²) in [5.74, 6) is 1.09. The maximum Gasteiger partial charge on any atom is 0.257 e. The van der Waals surface area contributed by atoms with E-state index in [0.29, 0.717) is 24.3 Å². The van der Waals surface area contributed by atoms with Gasteiger partial charge in [0.15, 0.2) is 6.61 Å². The van der Waals surface area contributed by atoms with E-state index >= 15 is 0 Å². The van der Waals surface area contributed by atoms with Gasteiger partial charge in [0, 0.05) is 41.8 Å². The fourth-order valence-corrected chi connectivity index (χ4v) is 3.67. The predicted octanol–water partition coefficient (Wildman–Crippen LogP) is 1.52. The number of carbonyl (C=O) groups excluding carboxylic acids is 1. The Morgan fingerprint density at radius 3 is 2.68 bits per heavy atom. The van der Waals surface area contributed by atoms with Crippen molar-refractivity contribution in [2.24, 2.45) is 5.92 Å². The first-order valence-electron chi connectivity index (χ1n) is 8.77. The van der Waals surface area contributed by atoms with Crippen molar-refractivity contribution in [2.75, 3.05) is 52.7 Å². The standard InChI is InChI=1S/C18H25IN2O4/c19-15-1-3-16(4-2-15)25-13-18(22)20-11-17(14-5-8-24-12-14)21-6-9-23-10-7-21/h1-4,14,17H,5-13H2,(H,20,22). The number of benzene rings is 1. The van der Waals surface area contributed by atoms with Gasteiger partial charge in [0.2, 0.25) is 0 Å². The third kappa shape index (κ3) is 5.80. The summed E-state index contributed by atoms with van der Waals surface area (Å²) >= 11 is 2.24. The highest BCUT2D eigenvalue weighted by Crippen LogP contribution is 2.22. The van der Waals surface area contributed by atoms with Gasteiger partial charge >= 0.3 is 0 Å². The minimum Gasteiger partial charge on any atom is -0.484 e. The molecular formula is C18H25IN2O4. The van der Waals surface area contributed by atoms with Gasteiger partial charge in [-0.3, -0.25) is 9.69 Å². The zero-order valence-electron chi connectivity index (χ0n) is 14.3. The summed E-state index contributed by atoms with van der Waals surface area (Å²) in [6, 6.07) is 7.97. The average molecular weight is 460 g/mol. The molecule has 2 aliphatic heterocycles. The smallest absolute Gasteiger partial charge is 0.257 e. The molecule has 0 radical (unpaired) electrons. The lowest BCUT2D eigenvalue weighted by Gasteiger charge is -2.37. The van der Waals surface area contributed by atoms with E-state index in [2.05, 4.69) is 32.8 Å². The van der Waals surface area contributed by atoms with Gasteiger partial charge in [-0.2, -0.15) is 0 Å². The van der Waals surface area contributed by atoms with Gasteiger partial charge in [-0.05, 0) is 53.3 Å². The number of nitrogens with zero attached hydrogens (tertiary/aromatic N) is 1. The minimum absolute atomic E-state index is 0.0393. The number of hydrogen-bond acceptors (Lipinski definition) is 5. The SMILES string of the molecule is O=C(COc1ccc(I)cc1)NCC(C1CCOC1)N1CCOCC1. The van der Waals surface area contributed by atoms with Crippen molar-refractivity contribution in [3.63, 3.8) is 0 Å². The van der Waals surface area contributed by atoms with E-state index in [1.54, 1.807) is 0 Å². The van der Waals surface area contributed by atoms with Crippen molar-refractivity contribution in [1.29, 1.82) is 0 Å². The Kier molecular flexibility index (Phi) is 7.33. The molecule has 25 heavy (non-hydrogen) atoms. The maximum atomic E-state index is 12.2. The number of nitrogens with one attached hydrogen (secondary N) is 1. The van der Waals surface area contributed by atoms with Crippen molar-refractivity contribution in [3.05, 3.63) is 27.8 Å². The molecule has 2 atom stereocenters. The highest BCUT2D eigenvalue weighted by molar-refractivity contribution is 14.1. The number of morpholine rings is 1. The molecule has 3 rings (SSSR count). The predicted molar refractivity (Wildman–Crippen MR) is 103 cm³/mol. The average Bonchev–Trinajstić information content (AvgIpc) is 3.17. The number of amides is 1. The van der Waals surface area contributed by atoms with Gasteiger partial charge in [0.1, 0.15) is 5.75 Å². The molecule has 2 saturated heterocycles. The van der Waals surface area contributed by atoms with Crippen molar-refractivity contribution in [1.82, 2.24) is 10.2 Å². The Balaban J connectivity index is 1.47. The first-order chi connectivity index (χ1) is 12.2. The summed E-state index contributed by atoms with van der Waals surface area (Å²) < 4.78 is 17.7. The Morgan fingerprint density at radius 1 is 1.24 bits per heavy atom. The van der Waals surface area contributed by atoms with Crippen molar-refractivity contribution in [2.45, 2.75) is 12.5 Å². The van der Waals surface area contributed by atoms with E-state index in [1.165, 1.54) is 0 Å². The van der Waals surface area contributed by atoms with E-state index in [0.717, 1.165) is 49.5 Å². The quantitative estimate of drug-likeness (QED) is 0.626. The second kappa shape index (κ2) is 9.70. The maximum absolute atomic E-state index is 12.2. The third-order valence-corrected chi connectivity index (χ3v) is 5.43. The van der Waals surface area contributed by atoms with Gasteiger partial charge in [-0.15, -0.1) is 0 Å². The molecule has 138 valence electrons.